The molecule has 0 unspecified atom stereocenters. The highest BCUT2D eigenvalue weighted by molar-refractivity contribution is 7.22. The molecule has 0 saturated heterocycles. The zero-order valence-corrected chi connectivity index (χ0v) is 21.9. The molecule has 0 aliphatic carbocycles. The van der Waals surface area contributed by atoms with Crippen molar-refractivity contribution in [3.8, 4) is 23.0 Å². The van der Waals surface area contributed by atoms with Gasteiger partial charge >= 0.3 is 0 Å². The molecule has 4 rings (SSSR count). The van der Waals surface area contributed by atoms with Crippen molar-refractivity contribution in [1.82, 2.24) is 9.88 Å². The van der Waals surface area contributed by atoms with Crippen LogP contribution in [0.3, 0.4) is 0 Å². The number of amides is 1. The van der Waals surface area contributed by atoms with Gasteiger partial charge in [0.1, 0.15) is 11.5 Å². The summed E-state index contributed by atoms with van der Waals surface area (Å²) in [6.07, 6.45) is 0. The second kappa shape index (κ2) is 11.9. The second-order valence-electron chi connectivity index (χ2n) is 8.09. The van der Waals surface area contributed by atoms with Gasteiger partial charge in [0.2, 0.25) is 0 Å². The molecule has 0 atom stereocenters. The van der Waals surface area contributed by atoms with E-state index in [-0.39, 0.29) is 5.91 Å². The Kier molecular flexibility index (Phi) is 8.40. The van der Waals surface area contributed by atoms with Crippen molar-refractivity contribution in [2.24, 2.45) is 0 Å². The monoisotopic (exact) mass is 505 g/mol. The van der Waals surface area contributed by atoms with Gasteiger partial charge in [-0.1, -0.05) is 43.4 Å². The van der Waals surface area contributed by atoms with Gasteiger partial charge in [-0.15, -0.1) is 0 Å². The van der Waals surface area contributed by atoms with Crippen molar-refractivity contribution in [2.45, 2.75) is 13.8 Å². The number of anilines is 1. The smallest absolute Gasteiger partial charge is 0.260 e. The van der Waals surface area contributed by atoms with E-state index in [2.05, 4.69) is 18.7 Å². The number of nitrogens with zero attached hydrogens (tertiary/aromatic N) is 3. The van der Waals surface area contributed by atoms with Gasteiger partial charge in [0.15, 0.2) is 16.6 Å². The van der Waals surface area contributed by atoms with Crippen LogP contribution in [0.4, 0.5) is 5.13 Å². The standard InChI is InChI=1S/C28H31N3O4S/c1-5-30(6-2)16-17-31(28-29-23-18-24(33-3)25(34-4)19-26(23)36-28)27(32)20-12-14-22(15-13-20)35-21-10-8-7-9-11-21/h7-15,18-19H,5-6,16-17H2,1-4H3. The van der Waals surface area contributed by atoms with Gasteiger partial charge in [0.05, 0.1) is 24.4 Å². The molecular formula is C28H31N3O4S. The molecule has 188 valence electrons. The third-order valence-electron chi connectivity index (χ3n) is 5.97. The number of ether oxygens (including phenoxy) is 3. The van der Waals surface area contributed by atoms with Crippen LogP contribution >= 0.6 is 11.3 Å². The van der Waals surface area contributed by atoms with Crippen LogP contribution < -0.4 is 19.1 Å². The van der Waals surface area contributed by atoms with Gasteiger partial charge in [0.25, 0.3) is 5.91 Å². The highest BCUT2D eigenvalue weighted by Gasteiger charge is 2.23. The van der Waals surface area contributed by atoms with Crippen molar-refractivity contribution in [2.75, 3.05) is 45.3 Å². The molecule has 0 aliphatic heterocycles. The molecule has 1 aromatic heterocycles. The van der Waals surface area contributed by atoms with Gasteiger partial charge in [0, 0.05) is 30.8 Å². The number of methoxy groups -OCH3 is 2. The van der Waals surface area contributed by atoms with E-state index < -0.39 is 0 Å². The van der Waals surface area contributed by atoms with Crippen molar-refractivity contribution < 1.29 is 19.0 Å². The zero-order chi connectivity index (χ0) is 25.5. The molecule has 0 spiro atoms. The summed E-state index contributed by atoms with van der Waals surface area (Å²) in [5.41, 5.74) is 1.34. The number of thiazole rings is 1. The van der Waals surface area contributed by atoms with E-state index in [0.29, 0.717) is 34.5 Å². The summed E-state index contributed by atoms with van der Waals surface area (Å²) in [7, 11) is 3.21. The van der Waals surface area contributed by atoms with Gasteiger partial charge in [-0.25, -0.2) is 4.98 Å². The fourth-order valence-corrected chi connectivity index (χ4v) is 4.87. The average Bonchev–Trinajstić information content (AvgIpc) is 3.33. The predicted octanol–water partition coefficient (Wildman–Crippen LogP) is 6.09. The summed E-state index contributed by atoms with van der Waals surface area (Å²) in [4.78, 5) is 22.5. The first kappa shape index (κ1) is 25.5. The Labute approximate surface area is 215 Å². The number of rotatable bonds is 11. The summed E-state index contributed by atoms with van der Waals surface area (Å²) in [5, 5.41) is 0.641. The second-order valence-corrected chi connectivity index (χ2v) is 9.10. The lowest BCUT2D eigenvalue weighted by atomic mass is 10.2. The fourth-order valence-electron chi connectivity index (χ4n) is 3.87. The normalized spacial score (nSPS) is 11.0. The molecule has 4 aromatic rings. The minimum absolute atomic E-state index is 0.105. The third kappa shape index (κ3) is 5.78. The quantitative estimate of drug-likeness (QED) is 0.246. The van der Waals surface area contributed by atoms with Crippen molar-refractivity contribution in [3.63, 3.8) is 0 Å². The Bertz CT molecular complexity index is 1250. The summed E-state index contributed by atoms with van der Waals surface area (Å²) in [6.45, 7) is 7.35. The van der Waals surface area contributed by atoms with Crippen molar-refractivity contribution >= 4 is 32.6 Å². The average molecular weight is 506 g/mol. The molecule has 1 amide bonds. The van der Waals surface area contributed by atoms with E-state index in [0.717, 1.165) is 35.6 Å². The van der Waals surface area contributed by atoms with Crippen molar-refractivity contribution in [1.29, 1.82) is 0 Å². The van der Waals surface area contributed by atoms with Crippen LogP contribution in [0, 0.1) is 0 Å². The van der Waals surface area contributed by atoms with E-state index in [1.54, 1.807) is 31.3 Å². The molecule has 8 heteroatoms. The van der Waals surface area contributed by atoms with E-state index in [9.17, 15) is 4.79 Å². The van der Waals surface area contributed by atoms with Gasteiger partial charge in [-0.2, -0.15) is 0 Å². The number of likely N-dealkylation sites (N-methyl/N-ethyl adjacent to an activating group) is 1. The highest BCUT2D eigenvalue weighted by atomic mass is 32.1. The predicted molar refractivity (Wildman–Crippen MR) is 145 cm³/mol. The first-order chi connectivity index (χ1) is 17.6. The number of carbonyl (C=O) groups is 1. The Hall–Kier alpha value is -3.62. The van der Waals surface area contributed by atoms with Crippen LogP contribution in [-0.2, 0) is 0 Å². The summed E-state index contributed by atoms with van der Waals surface area (Å²) in [6, 6.07) is 20.5. The van der Waals surface area contributed by atoms with Gasteiger partial charge < -0.3 is 19.1 Å². The third-order valence-corrected chi connectivity index (χ3v) is 7.01. The maximum atomic E-state index is 13.7. The number of carbonyl (C=O) groups excluding carboxylic acids is 1. The lowest BCUT2D eigenvalue weighted by Gasteiger charge is -2.24. The minimum Gasteiger partial charge on any atom is -0.493 e. The summed E-state index contributed by atoms with van der Waals surface area (Å²) < 4.78 is 17.7. The molecular weight excluding hydrogens is 474 g/mol. The molecule has 0 aliphatic rings. The molecule has 7 nitrogen and oxygen atoms in total. The number of fused-ring (bicyclic) bond motifs is 1. The van der Waals surface area contributed by atoms with Crippen LogP contribution in [-0.4, -0.2) is 56.2 Å². The number of aromatic nitrogens is 1. The Morgan fingerprint density at radius 3 is 2.14 bits per heavy atom. The fraction of sp³-hybridized carbons (Fsp3) is 0.286. The lowest BCUT2D eigenvalue weighted by Crippen LogP contribution is -2.38. The highest BCUT2D eigenvalue weighted by Crippen LogP contribution is 2.37. The molecule has 1 heterocycles. The lowest BCUT2D eigenvalue weighted by molar-refractivity contribution is 0.0983. The number of hydrogen-bond acceptors (Lipinski definition) is 7. The molecule has 3 aromatic carbocycles. The van der Waals surface area contributed by atoms with E-state index in [4.69, 9.17) is 19.2 Å². The SMILES string of the molecule is CCN(CC)CCN(C(=O)c1ccc(Oc2ccccc2)cc1)c1nc2cc(OC)c(OC)cc2s1. The van der Waals surface area contributed by atoms with Crippen LogP contribution in [0.25, 0.3) is 10.2 Å². The number of para-hydroxylation sites is 1. The van der Waals surface area contributed by atoms with E-state index >= 15 is 0 Å². The molecule has 36 heavy (non-hydrogen) atoms. The Morgan fingerprint density at radius 2 is 1.50 bits per heavy atom. The maximum absolute atomic E-state index is 13.7. The first-order valence-electron chi connectivity index (χ1n) is 12.0. The van der Waals surface area contributed by atoms with Crippen LogP contribution in [0.2, 0.25) is 0 Å². The van der Waals surface area contributed by atoms with Gasteiger partial charge in [-0.3, -0.25) is 9.69 Å². The Morgan fingerprint density at radius 1 is 0.861 bits per heavy atom. The molecule has 0 saturated carbocycles. The van der Waals surface area contributed by atoms with Crippen molar-refractivity contribution in [3.05, 3.63) is 72.3 Å². The van der Waals surface area contributed by atoms with Crippen LogP contribution in [0.1, 0.15) is 24.2 Å². The van der Waals surface area contributed by atoms with E-state index in [1.807, 2.05) is 54.6 Å². The topological polar surface area (TPSA) is 64.1 Å². The molecule has 0 radical (unpaired) electrons. The summed E-state index contributed by atoms with van der Waals surface area (Å²) in [5.74, 6) is 2.56. The molecule has 0 N–H and O–H groups in total. The first-order valence-corrected chi connectivity index (χ1v) is 12.8. The van der Waals surface area contributed by atoms with Gasteiger partial charge in [-0.05, 0) is 49.5 Å². The number of hydrogen-bond donors (Lipinski definition) is 0. The zero-order valence-electron chi connectivity index (χ0n) is 21.1. The largest absolute Gasteiger partial charge is 0.493 e. The van der Waals surface area contributed by atoms with Crippen LogP contribution in [0.15, 0.2) is 66.7 Å². The maximum Gasteiger partial charge on any atom is 0.260 e. The number of benzene rings is 3. The minimum atomic E-state index is -0.105. The van der Waals surface area contributed by atoms with Crippen LogP contribution in [0.5, 0.6) is 23.0 Å². The Balaban J connectivity index is 1.63. The molecule has 0 bridgehead atoms. The molecule has 0 fully saturated rings. The van der Waals surface area contributed by atoms with E-state index in [1.165, 1.54) is 11.3 Å². The summed E-state index contributed by atoms with van der Waals surface area (Å²) >= 11 is 1.46.